The van der Waals surface area contributed by atoms with E-state index in [1.165, 1.54) is 3.57 Å². The number of hydrogen-bond acceptors (Lipinski definition) is 3. The molecular formula is C14H9IO2S. The standard InChI is InChI=1S/C14H9IO2S/c1-8(16)9-2-4-11-13(6-9)18-14-7-10(15)3-5-12(14)17-11/h2-7H,1H3. The van der Waals surface area contributed by atoms with E-state index < -0.39 is 0 Å². The fraction of sp³-hybridized carbons (Fsp3) is 0.0714. The van der Waals surface area contributed by atoms with Crippen molar-refractivity contribution in [2.75, 3.05) is 0 Å². The first-order valence-corrected chi connectivity index (χ1v) is 7.33. The third-order valence-electron chi connectivity index (χ3n) is 2.70. The molecule has 1 aliphatic rings. The molecule has 0 amide bonds. The number of halogens is 1. The van der Waals surface area contributed by atoms with E-state index >= 15 is 0 Å². The number of ketones is 1. The highest BCUT2D eigenvalue weighted by molar-refractivity contribution is 14.1. The van der Waals surface area contributed by atoms with Gasteiger partial charge >= 0.3 is 0 Å². The van der Waals surface area contributed by atoms with Crippen molar-refractivity contribution in [1.29, 1.82) is 0 Å². The van der Waals surface area contributed by atoms with Crippen molar-refractivity contribution in [3.05, 3.63) is 45.5 Å². The van der Waals surface area contributed by atoms with Crippen molar-refractivity contribution in [1.82, 2.24) is 0 Å². The van der Waals surface area contributed by atoms with Gasteiger partial charge in [0.15, 0.2) is 5.78 Å². The van der Waals surface area contributed by atoms with Gasteiger partial charge in [-0.05, 0) is 65.9 Å². The van der Waals surface area contributed by atoms with Gasteiger partial charge in [-0.3, -0.25) is 4.79 Å². The van der Waals surface area contributed by atoms with Crippen LogP contribution in [-0.4, -0.2) is 5.78 Å². The van der Waals surface area contributed by atoms with Crippen LogP contribution in [0.2, 0.25) is 0 Å². The fourth-order valence-electron chi connectivity index (χ4n) is 1.77. The highest BCUT2D eigenvalue weighted by atomic mass is 127. The van der Waals surface area contributed by atoms with Crippen molar-refractivity contribution in [3.63, 3.8) is 0 Å². The molecule has 2 aromatic carbocycles. The number of carbonyl (C=O) groups is 1. The molecule has 1 aliphatic heterocycles. The average molecular weight is 368 g/mol. The van der Waals surface area contributed by atoms with Crippen LogP contribution in [0.15, 0.2) is 46.2 Å². The largest absolute Gasteiger partial charge is 0.455 e. The molecule has 0 radical (unpaired) electrons. The Hall–Kier alpha value is -1.01. The van der Waals surface area contributed by atoms with Crippen LogP contribution in [0.25, 0.3) is 0 Å². The quantitative estimate of drug-likeness (QED) is 0.458. The predicted molar refractivity (Wildman–Crippen MR) is 79.8 cm³/mol. The van der Waals surface area contributed by atoms with Gasteiger partial charge in [0.25, 0.3) is 0 Å². The van der Waals surface area contributed by atoms with E-state index in [4.69, 9.17) is 4.74 Å². The number of benzene rings is 2. The second-order valence-corrected chi connectivity index (χ2v) is 6.34. The number of fused-ring (bicyclic) bond motifs is 2. The zero-order chi connectivity index (χ0) is 12.7. The summed E-state index contributed by atoms with van der Waals surface area (Å²) in [6.45, 7) is 1.58. The number of Topliss-reactive ketones (excluding diaryl/α,β-unsaturated/α-hetero) is 1. The molecule has 0 aliphatic carbocycles. The first-order chi connectivity index (χ1) is 8.63. The summed E-state index contributed by atoms with van der Waals surface area (Å²) in [5, 5.41) is 0. The van der Waals surface area contributed by atoms with Gasteiger partial charge in [0.2, 0.25) is 0 Å². The third kappa shape index (κ3) is 2.14. The molecule has 90 valence electrons. The average Bonchev–Trinajstić information content (AvgIpc) is 2.35. The molecule has 2 nitrogen and oxygen atoms in total. The van der Waals surface area contributed by atoms with Crippen LogP contribution in [0.4, 0.5) is 0 Å². The Balaban J connectivity index is 2.05. The van der Waals surface area contributed by atoms with Gasteiger partial charge in [0, 0.05) is 9.13 Å². The Labute approximate surface area is 123 Å². The van der Waals surface area contributed by atoms with E-state index in [9.17, 15) is 4.79 Å². The summed E-state index contributed by atoms with van der Waals surface area (Å²) in [4.78, 5) is 13.5. The highest BCUT2D eigenvalue weighted by Gasteiger charge is 2.18. The van der Waals surface area contributed by atoms with Crippen molar-refractivity contribution < 1.29 is 9.53 Å². The number of rotatable bonds is 1. The minimum atomic E-state index is 0.0758. The molecule has 0 N–H and O–H groups in total. The molecule has 0 unspecified atom stereocenters. The molecule has 0 saturated heterocycles. The van der Waals surface area contributed by atoms with Gasteiger partial charge in [-0.15, -0.1) is 0 Å². The van der Waals surface area contributed by atoms with Gasteiger partial charge in [-0.2, -0.15) is 0 Å². The van der Waals surface area contributed by atoms with Gasteiger partial charge in [-0.25, -0.2) is 0 Å². The van der Waals surface area contributed by atoms with Crippen molar-refractivity contribution in [3.8, 4) is 11.5 Å². The topological polar surface area (TPSA) is 26.3 Å². The number of hydrogen-bond donors (Lipinski definition) is 0. The SMILES string of the molecule is CC(=O)c1ccc2c(c1)Sc1cc(I)ccc1O2. The zero-order valence-corrected chi connectivity index (χ0v) is 12.5. The van der Waals surface area contributed by atoms with E-state index in [1.807, 2.05) is 24.3 Å². The van der Waals surface area contributed by atoms with Crippen molar-refractivity contribution in [2.45, 2.75) is 16.7 Å². The summed E-state index contributed by atoms with van der Waals surface area (Å²) in [6.07, 6.45) is 0. The second kappa shape index (κ2) is 4.59. The minimum absolute atomic E-state index is 0.0758. The first kappa shape index (κ1) is 12.0. The highest BCUT2D eigenvalue weighted by Crippen LogP contribution is 2.47. The molecule has 4 heteroatoms. The Morgan fingerprint density at radius 3 is 2.50 bits per heavy atom. The molecule has 0 bridgehead atoms. The maximum atomic E-state index is 11.4. The van der Waals surface area contributed by atoms with Gasteiger partial charge in [0.05, 0.1) is 9.79 Å². The molecule has 1 heterocycles. The van der Waals surface area contributed by atoms with Crippen LogP contribution in [0.1, 0.15) is 17.3 Å². The third-order valence-corrected chi connectivity index (χ3v) is 4.44. The van der Waals surface area contributed by atoms with E-state index in [0.717, 1.165) is 26.9 Å². The lowest BCUT2D eigenvalue weighted by Crippen LogP contribution is -1.98. The van der Waals surface area contributed by atoms with Gasteiger partial charge in [-0.1, -0.05) is 11.8 Å². The molecule has 2 aromatic rings. The molecule has 3 rings (SSSR count). The zero-order valence-electron chi connectivity index (χ0n) is 9.57. The summed E-state index contributed by atoms with van der Waals surface area (Å²) < 4.78 is 7.01. The summed E-state index contributed by atoms with van der Waals surface area (Å²) in [6, 6.07) is 11.6. The smallest absolute Gasteiger partial charge is 0.159 e. The second-order valence-electron chi connectivity index (χ2n) is 4.01. The van der Waals surface area contributed by atoms with Gasteiger partial charge < -0.3 is 4.74 Å². The van der Waals surface area contributed by atoms with Crippen LogP contribution in [0.5, 0.6) is 11.5 Å². The molecular weight excluding hydrogens is 359 g/mol. The van der Waals surface area contributed by atoms with Crippen LogP contribution in [-0.2, 0) is 0 Å². The maximum Gasteiger partial charge on any atom is 0.159 e. The molecule has 0 saturated carbocycles. The lowest BCUT2D eigenvalue weighted by atomic mass is 10.1. The number of carbonyl (C=O) groups excluding carboxylic acids is 1. The molecule has 0 atom stereocenters. The van der Waals surface area contributed by atoms with E-state index in [1.54, 1.807) is 24.8 Å². The maximum absolute atomic E-state index is 11.4. The monoisotopic (exact) mass is 368 g/mol. The van der Waals surface area contributed by atoms with Crippen molar-refractivity contribution >= 4 is 40.1 Å². The Morgan fingerprint density at radius 2 is 1.78 bits per heavy atom. The predicted octanol–water partition coefficient (Wildman–Crippen LogP) is 4.75. The van der Waals surface area contributed by atoms with E-state index in [2.05, 4.69) is 28.7 Å². The van der Waals surface area contributed by atoms with Crippen LogP contribution in [0, 0.1) is 3.57 Å². The summed E-state index contributed by atoms with van der Waals surface area (Å²) in [5.41, 5.74) is 0.721. The number of ether oxygens (including phenoxy) is 1. The molecule has 0 fully saturated rings. The van der Waals surface area contributed by atoms with Crippen LogP contribution < -0.4 is 4.74 Å². The summed E-state index contributed by atoms with van der Waals surface area (Å²) in [5.74, 6) is 1.77. The Bertz CT molecular complexity index is 652. The summed E-state index contributed by atoms with van der Waals surface area (Å²) >= 11 is 3.93. The van der Waals surface area contributed by atoms with Crippen LogP contribution in [0.3, 0.4) is 0 Å². The van der Waals surface area contributed by atoms with Gasteiger partial charge in [0.1, 0.15) is 11.5 Å². The fourth-order valence-corrected chi connectivity index (χ4v) is 3.51. The summed E-state index contributed by atoms with van der Waals surface area (Å²) in [7, 11) is 0. The lowest BCUT2D eigenvalue weighted by molar-refractivity contribution is 0.101. The van der Waals surface area contributed by atoms with Crippen LogP contribution >= 0.6 is 34.4 Å². The molecule has 0 spiro atoms. The molecule has 18 heavy (non-hydrogen) atoms. The first-order valence-electron chi connectivity index (χ1n) is 5.44. The Kier molecular flexibility index (Phi) is 3.07. The van der Waals surface area contributed by atoms with Crippen molar-refractivity contribution in [2.24, 2.45) is 0 Å². The van der Waals surface area contributed by atoms with E-state index in [-0.39, 0.29) is 5.78 Å². The molecule has 0 aromatic heterocycles. The minimum Gasteiger partial charge on any atom is -0.455 e. The normalized spacial score (nSPS) is 12.3. The lowest BCUT2D eigenvalue weighted by Gasteiger charge is -2.20. The van der Waals surface area contributed by atoms with E-state index in [0.29, 0.717) is 0 Å². The Morgan fingerprint density at radius 1 is 1.11 bits per heavy atom.